The summed E-state index contributed by atoms with van der Waals surface area (Å²) < 4.78 is 20.7. The van der Waals surface area contributed by atoms with Crippen molar-refractivity contribution in [3.8, 4) is 22.1 Å². The molecule has 0 aliphatic heterocycles. The number of hydrogen-bond acceptors (Lipinski definition) is 5. The first kappa shape index (κ1) is 16.5. The van der Waals surface area contributed by atoms with Crippen LogP contribution < -0.4 is 10.5 Å². The molecular weight excluding hydrogens is 349 g/mol. The molecule has 0 amide bonds. The number of nitrogens with two attached hydrogens (primary N) is 1. The maximum Gasteiger partial charge on any atom is 0.167 e. The number of aryl methyl sites for hydroxylation is 1. The van der Waals surface area contributed by atoms with Gasteiger partial charge in [-0.25, -0.2) is 4.39 Å². The van der Waals surface area contributed by atoms with E-state index in [1.807, 2.05) is 18.3 Å². The largest absolute Gasteiger partial charge is 0.453 e. The highest BCUT2D eigenvalue weighted by atomic mass is 32.1. The molecule has 4 aromatic rings. The van der Waals surface area contributed by atoms with Crippen LogP contribution in [0.15, 0.2) is 54.9 Å². The Hall–Kier alpha value is -2.99. The summed E-state index contributed by atoms with van der Waals surface area (Å²) in [4.78, 5) is 9.90. The first-order valence-corrected chi connectivity index (χ1v) is 9.02. The minimum Gasteiger partial charge on any atom is -0.453 e. The number of rotatable bonds is 4. The van der Waals surface area contributed by atoms with Gasteiger partial charge in [-0.2, -0.15) is 0 Å². The molecule has 130 valence electrons. The van der Waals surface area contributed by atoms with Crippen molar-refractivity contribution in [3.05, 3.63) is 66.2 Å². The van der Waals surface area contributed by atoms with Gasteiger partial charge >= 0.3 is 0 Å². The zero-order valence-electron chi connectivity index (χ0n) is 14.1. The summed E-state index contributed by atoms with van der Waals surface area (Å²) >= 11 is 1.52. The molecule has 0 spiro atoms. The Kier molecular flexibility index (Phi) is 4.26. The van der Waals surface area contributed by atoms with Crippen LogP contribution in [0.25, 0.3) is 20.8 Å². The first-order valence-electron chi connectivity index (χ1n) is 8.21. The quantitative estimate of drug-likeness (QED) is 0.490. The van der Waals surface area contributed by atoms with Crippen molar-refractivity contribution in [2.75, 3.05) is 5.73 Å². The highest BCUT2D eigenvalue weighted by Gasteiger charge is 2.13. The lowest BCUT2D eigenvalue weighted by molar-refractivity contribution is 0.447. The van der Waals surface area contributed by atoms with Crippen molar-refractivity contribution >= 4 is 27.2 Å². The van der Waals surface area contributed by atoms with E-state index in [0.717, 1.165) is 27.2 Å². The van der Waals surface area contributed by atoms with Crippen LogP contribution in [-0.2, 0) is 6.42 Å². The summed E-state index contributed by atoms with van der Waals surface area (Å²) in [5, 5.41) is 0. The number of thiophene rings is 1. The zero-order chi connectivity index (χ0) is 18.1. The molecule has 0 aliphatic rings. The van der Waals surface area contributed by atoms with E-state index >= 15 is 0 Å². The van der Waals surface area contributed by atoms with Crippen LogP contribution in [0.2, 0.25) is 0 Å². The van der Waals surface area contributed by atoms with Crippen molar-refractivity contribution in [2.24, 2.45) is 0 Å². The number of nitrogen functional groups attached to an aromatic ring is 1. The molecule has 4 nitrogen and oxygen atoms in total. The predicted molar refractivity (Wildman–Crippen MR) is 103 cm³/mol. The molecule has 2 N–H and O–H groups in total. The second-order valence-corrected chi connectivity index (χ2v) is 6.88. The lowest BCUT2D eigenvalue weighted by Crippen LogP contribution is -1.91. The second-order valence-electron chi connectivity index (χ2n) is 5.83. The van der Waals surface area contributed by atoms with Crippen LogP contribution in [-0.4, -0.2) is 9.97 Å². The van der Waals surface area contributed by atoms with Gasteiger partial charge < -0.3 is 10.5 Å². The lowest BCUT2D eigenvalue weighted by atomic mass is 10.2. The Morgan fingerprint density at radius 1 is 1.08 bits per heavy atom. The van der Waals surface area contributed by atoms with Gasteiger partial charge in [-0.15, -0.1) is 11.3 Å². The van der Waals surface area contributed by atoms with Gasteiger partial charge in [0.25, 0.3) is 0 Å². The highest BCUT2D eigenvalue weighted by molar-refractivity contribution is 7.22. The number of aromatic nitrogens is 2. The third kappa shape index (κ3) is 3.11. The van der Waals surface area contributed by atoms with Crippen LogP contribution in [0.3, 0.4) is 0 Å². The summed E-state index contributed by atoms with van der Waals surface area (Å²) in [7, 11) is 0. The van der Waals surface area contributed by atoms with Crippen LogP contribution in [0.5, 0.6) is 11.5 Å². The summed E-state index contributed by atoms with van der Waals surface area (Å²) in [6.45, 7) is 2.10. The maximum atomic E-state index is 14.1. The zero-order valence-corrected chi connectivity index (χ0v) is 14.9. The van der Waals surface area contributed by atoms with Crippen LogP contribution >= 0.6 is 11.3 Å². The molecule has 26 heavy (non-hydrogen) atoms. The fourth-order valence-corrected chi connectivity index (χ4v) is 3.66. The van der Waals surface area contributed by atoms with Gasteiger partial charge in [0.1, 0.15) is 5.75 Å². The molecule has 0 fully saturated rings. The van der Waals surface area contributed by atoms with E-state index in [9.17, 15) is 4.39 Å². The van der Waals surface area contributed by atoms with Crippen molar-refractivity contribution in [1.82, 2.24) is 9.97 Å². The number of ether oxygens (including phenoxy) is 1. The van der Waals surface area contributed by atoms with Crippen molar-refractivity contribution in [3.63, 3.8) is 0 Å². The highest BCUT2D eigenvalue weighted by Crippen LogP contribution is 2.39. The van der Waals surface area contributed by atoms with E-state index in [2.05, 4.69) is 23.0 Å². The lowest BCUT2D eigenvalue weighted by Gasteiger charge is -2.07. The Bertz CT molecular complexity index is 1080. The topological polar surface area (TPSA) is 61.0 Å². The standard InChI is InChI=1S/C20H16FN3OS/c1-2-12-3-5-15(24-11-12)19-10-16-20(26-19)18(7-8-23-16)25-17-6-4-13(22)9-14(17)21/h3-11H,2,22H2,1H3. The van der Waals surface area contributed by atoms with Crippen LogP contribution in [0.1, 0.15) is 12.5 Å². The monoisotopic (exact) mass is 365 g/mol. The van der Waals surface area contributed by atoms with Gasteiger partial charge in [-0.3, -0.25) is 9.97 Å². The molecule has 6 heteroatoms. The van der Waals surface area contributed by atoms with E-state index in [-0.39, 0.29) is 5.75 Å². The molecule has 3 aromatic heterocycles. The van der Waals surface area contributed by atoms with Gasteiger partial charge in [-0.05, 0) is 36.2 Å². The molecule has 0 radical (unpaired) electrons. The number of nitrogens with zero attached hydrogens (tertiary/aromatic N) is 2. The van der Waals surface area contributed by atoms with Gasteiger partial charge in [0.2, 0.25) is 0 Å². The van der Waals surface area contributed by atoms with E-state index in [1.54, 1.807) is 18.3 Å². The molecule has 0 saturated heterocycles. The average Bonchev–Trinajstić information content (AvgIpc) is 3.09. The predicted octanol–water partition coefficient (Wildman–Crippen LogP) is 5.43. The van der Waals surface area contributed by atoms with E-state index in [0.29, 0.717) is 11.4 Å². The number of anilines is 1. The van der Waals surface area contributed by atoms with Gasteiger partial charge in [0, 0.05) is 30.2 Å². The SMILES string of the molecule is CCc1ccc(-c2cc3nccc(Oc4ccc(N)cc4F)c3s2)nc1. The van der Waals surface area contributed by atoms with Crippen LogP contribution in [0, 0.1) is 5.82 Å². The normalized spacial score (nSPS) is 11.0. The molecule has 4 rings (SSSR count). The molecule has 0 unspecified atom stereocenters. The Balaban J connectivity index is 1.73. The van der Waals surface area contributed by atoms with E-state index in [1.165, 1.54) is 29.0 Å². The fourth-order valence-electron chi connectivity index (χ4n) is 2.62. The summed E-state index contributed by atoms with van der Waals surface area (Å²) in [6.07, 6.45) is 4.48. The molecule has 1 aromatic carbocycles. The summed E-state index contributed by atoms with van der Waals surface area (Å²) in [5.74, 6) is 0.190. The number of hydrogen-bond donors (Lipinski definition) is 1. The number of benzene rings is 1. The smallest absolute Gasteiger partial charge is 0.167 e. The maximum absolute atomic E-state index is 14.1. The van der Waals surface area contributed by atoms with Gasteiger partial charge in [0.05, 0.1) is 20.8 Å². The van der Waals surface area contributed by atoms with Crippen molar-refractivity contribution < 1.29 is 9.13 Å². The summed E-state index contributed by atoms with van der Waals surface area (Å²) in [5.41, 5.74) is 8.81. The third-order valence-corrected chi connectivity index (χ3v) is 5.20. The Morgan fingerprint density at radius 2 is 1.96 bits per heavy atom. The minimum absolute atomic E-state index is 0.132. The minimum atomic E-state index is -0.497. The molecule has 0 bridgehead atoms. The fraction of sp³-hybridized carbons (Fsp3) is 0.100. The number of pyridine rings is 2. The average molecular weight is 365 g/mol. The first-order chi connectivity index (χ1) is 12.6. The van der Waals surface area contributed by atoms with E-state index < -0.39 is 5.82 Å². The van der Waals surface area contributed by atoms with Gasteiger partial charge in [-0.1, -0.05) is 13.0 Å². The molecule has 0 saturated carbocycles. The second kappa shape index (κ2) is 6.72. The van der Waals surface area contributed by atoms with Crippen molar-refractivity contribution in [2.45, 2.75) is 13.3 Å². The third-order valence-electron chi connectivity index (χ3n) is 4.04. The number of fused-ring (bicyclic) bond motifs is 1. The Morgan fingerprint density at radius 3 is 2.69 bits per heavy atom. The Labute approximate surface area is 154 Å². The molecule has 0 atom stereocenters. The van der Waals surface area contributed by atoms with Crippen LogP contribution in [0.4, 0.5) is 10.1 Å². The van der Waals surface area contributed by atoms with E-state index in [4.69, 9.17) is 10.5 Å². The van der Waals surface area contributed by atoms with Crippen molar-refractivity contribution in [1.29, 1.82) is 0 Å². The van der Waals surface area contributed by atoms with Gasteiger partial charge in [0.15, 0.2) is 11.6 Å². The summed E-state index contributed by atoms with van der Waals surface area (Å²) in [6, 6.07) is 12.1. The molecule has 0 aliphatic carbocycles. The molecular formula is C20H16FN3OS. The number of halogens is 1. The molecule has 3 heterocycles.